The normalized spacial score (nSPS) is 20.9. The summed E-state index contributed by atoms with van der Waals surface area (Å²) in [6.07, 6.45) is 1.41. The number of hydrogen-bond donors (Lipinski definition) is 3. The molecule has 1 fully saturated rings. The van der Waals surface area contributed by atoms with Gasteiger partial charge in [-0.1, -0.05) is 5.92 Å². The molecule has 12 heteroatoms. The van der Waals surface area contributed by atoms with Crippen molar-refractivity contribution in [2.45, 2.75) is 24.9 Å². The van der Waals surface area contributed by atoms with E-state index in [2.05, 4.69) is 36.9 Å². The van der Waals surface area contributed by atoms with Gasteiger partial charge in [0.2, 0.25) is 6.23 Å². The SMILES string of the molecule is COCC#Cc1[nH][n+](C2CC(O)C(CO)O2)c2nc(/N=C/N(C)C)nc(N=CN(C)C)c12. The van der Waals surface area contributed by atoms with Gasteiger partial charge in [0, 0.05) is 46.7 Å². The molecule has 3 unspecified atom stereocenters. The number of aromatic amines is 1. The van der Waals surface area contributed by atoms with Crippen LogP contribution in [-0.4, -0.2) is 108 Å². The molecule has 32 heavy (non-hydrogen) atoms. The Morgan fingerprint density at radius 1 is 1.25 bits per heavy atom. The number of aliphatic hydroxyl groups is 2. The molecule has 0 bridgehead atoms. The molecule has 12 nitrogen and oxygen atoms in total. The molecule has 3 N–H and O–H groups in total. The van der Waals surface area contributed by atoms with Crippen LogP contribution in [0.3, 0.4) is 0 Å². The first-order chi connectivity index (χ1) is 15.3. The molecule has 0 radical (unpaired) electrons. The second-order valence-electron chi connectivity index (χ2n) is 7.67. The molecular formula is C20H29N8O4+. The average molecular weight is 446 g/mol. The molecule has 0 amide bonds. The summed E-state index contributed by atoms with van der Waals surface area (Å²) in [5.41, 5.74) is 0.992. The zero-order valence-corrected chi connectivity index (χ0v) is 18.8. The summed E-state index contributed by atoms with van der Waals surface area (Å²) in [5, 5.41) is 23.5. The molecular weight excluding hydrogens is 416 g/mol. The van der Waals surface area contributed by atoms with Crippen LogP contribution in [0.2, 0.25) is 0 Å². The number of fused-ring (bicyclic) bond motifs is 1. The molecule has 3 rings (SSSR count). The third-order valence-corrected chi connectivity index (χ3v) is 4.49. The summed E-state index contributed by atoms with van der Waals surface area (Å²) >= 11 is 0. The van der Waals surface area contributed by atoms with Gasteiger partial charge < -0.3 is 29.5 Å². The van der Waals surface area contributed by atoms with Gasteiger partial charge in [0.1, 0.15) is 18.4 Å². The van der Waals surface area contributed by atoms with Gasteiger partial charge in [0.25, 0.3) is 0 Å². The summed E-state index contributed by atoms with van der Waals surface area (Å²) in [7, 11) is 8.96. The standard InChI is InChI=1S/C20H28N8O4/c1-26(2)11-21-18-17-13(7-6-8-31-5)25-28(16-9-14(30)15(10-29)32-16)19(17)24-20(23-18)22-12-27(3)4/h11-12,14-16,29-30H,8-10H2,1-5H3/p+1/b21-11?,22-12+. The molecule has 0 aliphatic carbocycles. The van der Waals surface area contributed by atoms with E-state index in [1.54, 1.807) is 34.3 Å². The lowest BCUT2D eigenvalue weighted by Crippen LogP contribution is -2.42. The van der Waals surface area contributed by atoms with Gasteiger partial charge in [-0.25, -0.2) is 10.1 Å². The van der Waals surface area contributed by atoms with Crippen LogP contribution in [0.25, 0.3) is 11.0 Å². The summed E-state index contributed by atoms with van der Waals surface area (Å²) in [6.45, 7) is -0.0444. The minimum Gasteiger partial charge on any atom is -0.394 e. The lowest BCUT2D eigenvalue weighted by Gasteiger charge is -2.09. The third-order valence-electron chi connectivity index (χ3n) is 4.49. The summed E-state index contributed by atoms with van der Waals surface area (Å²) in [4.78, 5) is 21.5. The van der Waals surface area contributed by atoms with Gasteiger partial charge in [-0.05, 0) is 5.92 Å². The van der Waals surface area contributed by atoms with Crippen molar-refractivity contribution in [3.8, 4) is 11.8 Å². The second kappa shape index (κ2) is 10.5. The van der Waals surface area contributed by atoms with E-state index in [1.807, 2.05) is 28.2 Å². The zero-order valence-electron chi connectivity index (χ0n) is 18.8. The Morgan fingerprint density at radius 3 is 2.59 bits per heavy atom. The van der Waals surface area contributed by atoms with Crippen LogP contribution in [0.1, 0.15) is 18.3 Å². The number of rotatable bonds is 7. The summed E-state index contributed by atoms with van der Waals surface area (Å²) in [6, 6.07) is 0. The smallest absolute Gasteiger partial charge is 0.368 e. The van der Waals surface area contributed by atoms with E-state index in [9.17, 15) is 10.2 Å². The van der Waals surface area contributed by atoms with Crippen LogP contribution in [0.5, 0.6) is 0 Å². The Morgan fingerprint density at radius 2 is 1.97 bits per heavy atom. The van der Waals surface area contributed by atoms with Gasteiger partial charge in [-0.15, -0.1) is 4.68 Å². The first-order valence-corrected chi connectivity index (χ1v) is 10.0. The Balaban J connectivity index is 2.22. The van der Waals surface area contributed by atoms with Crippen LogP contribution >= 0.6 is 0 Å². The van der Waals surface area contributed by atoms with Crippen molar-refractivity contribution < 1.29 is 24.4 Å². The van der Waals surface area contributed by atoms with Crippen molar-refractivity contribution in [3.05, 3.63) is 5.69 Å². The van der Waals surface area contributed by atoms with Crippen molar-refractivity contribution in [2.75, 3.05) is 48.5 Å². The quantitative estimate of drug-likeness (QED) is 0.221. The number of aliphatic hydroxyl groups excluding tert-OH is 2. The Labute approximate surface area is 186 Å². The number of nitrogens with zero attached hydrogens (tertiary/aromatic N) is 7. The highest BCUT2D eigenvalue weighted by atomic mass is 16.5. The number of nitrogens with one attached hydrogen (secondary N) is 1. The fraction of sp³-hybridized carbons (Fsp3) is 0.550. The van der Waals surface area contributed by atoms with Crippen LogP contribution in [0.15, 0.2) is 9.98 Å². The number of ether oxygens (including phenoxy) is 2. The number of H-pyrrole nitrogens is 1. The van der Waals surface area contributed by atoms with Gasteiger partial charge in [-0.2, -0.15) is 9.98 Å². The van der Waals surface area contributed by atoms with Crippen LogP contribution in [0.4, 0.5) is 11.8 Å². The average Bonchev–Trinajstić information content (AvgIpc) is 3.30. The lowest BCUT2D eigenvalue weighted by atomic mass is 10.2. The molecule has 3 atom stereocenters. The highest BCUT2D eigenvalue weighted by Gasteiger charge is 2.40. The molecule has 0 aromatic carbocycles. The molecule has 2 aromatic heterocycles. The first kappa shape index (κ1) is 23.6. The van der Waals surface area contributed by atoms with Gasteiger partial charge in [-0.3, -0.25) is 0 Å². The number of hydrogen-bond acceptors (Lipinski definition) is 8. The minimum absolute atomic E-state index is 0.207. The van der Waals surface area contributed by atoms with Crippen molar-refractivity contribution in [1.29, 1.82) is 0 Å². The molecule has 1 saturated heterocycles. The molecule has 1 aliphatic heterocycles. The summed E-state index contributed by atoms with van der Waals surface area (Å²) < 4.78 is 12.5. The Hall–Kier alpha value is -3.11. The van der Waals surface area contributed by atoms with Gasteiger partial charge >= 0.3 is 11.6 Å². The van der Waals surface area contributed by atoms with E-state index < -0.39 is 18.4 Å². The molecule has 0 spiro atoms. The molecule has 1 aliphatic rings. The maximum atomic E-state index is 10.2. The number of aromatic nitrogens is 4. The third kappa shape index (κ3) is 5.38. The van der Waals surface area contributed by atoms with Gasteiger partial charge in [0.05, 0.1) is 25.4 Å². The van der Waals surface area contributed by atoms with Crippen molar-refractivity contribution >= 4 is 35.5 Å². The van der Waals surface area contributed by atoms with Crippen LogP contribution in [0, 0.1) is 11.8 Å². The Bertz CT molecular complexity index is 1050. The largest absolute Gasteiger partial charge is 0.394 e. The maximum Gasteiger partial charge on any atom is 0.368 e. The van der Waals surface area contributed by atoms with Crippen molar-refractivity contribution in [2.24, 2.45) is 9.98 Å². The van der Waals surface area contributed by atoms with E-state index >= 15 is 0 Å². The van der Waals surface area contributed by atoms with Crippen molar-refractivity contribution in [3.63, 3.8) is 0 Å². The fourth-order valence-electron chi connectivity index (χ4n) is 3.07. The van der Waals surface area contributed by atoms with Crippen molar-refractivity contribution in [1.82, 2.24) is 24.9 Å². The molecule has 2 aromatic rings. The summed E-state index contributed by atoms with van der Waals surface area (Å²) in [5.74, 6) is 6.54. The topological polar surface area (TPSA) is 136 Å². The van der Waals surface area contributed by atoms with E-state index in [-0.39, 0.29) is 25.6 Å². The number of methoxy groups -OCH3 is 1. The first-order valence-electron chi connectivity index (χ1n) is 10.0. The minimum atomic E-state index is -0.807. The molecule has 172 valence electrons. The maximum absolute atomic E-state index is 10.2. The van der Waals surface area contributed by atoms with E-state index in [0.717, 1.165) is 0 Å². The second-order valence-corrected chi connectivity index (χ2v) is 7.67. The lowest BCUT2D eigenvalue weighted by molar-refractivity contribution is -0.786. The fourth-order valence-corrected chi connectivity index (χ4v) is 3.07. The Kier molecular flexibility index (Phi) is 7.70. The van der Waals surface area contributed by atoms with E-state index in [0.29, 0.717) is 22.5 Å². The molecule has 3 heterocycles. The predicted molar refractivity (Wildman–Crippen MR) is 118 cm³/mol. The van der Waals surface area contributed by atoms with Crippen LogP contribution in [-0.2, 0) is 9.47 Å². The number of aliphatic imine (C=N–C) groups is 2. The predicted octanol–water partition coefficient (Wildman–Crippen LogP) is -0.673. The highest BCUT2D eigenvalue weighted by molar-refractivity contribution is 5.90. The zero-order chi connectivity index (χ0) is 23.3. The van der Waals surface area contributed by atoms with E-state index in [4.69, 9.17) is 9.47 Å². The monoisotopic (exact) mass is 445 g/mol. The van der Waals surface area contributed by atoms with Gasteiger partial charge in [0.15, 0.2) is 11.2 Å². The molecule has 0 saturated carbocycles. The van der Waals surface area contributed by atoms with E-state index in [1.165, 1.54) is 0 Å². The highest BCUT2D eigenvalue weighted by Crippen LogP contribution is 2.30. The van der Waals surface area contributed by atoms with Crippen LogP contribution < -0.4 is 4.68 Å².